The standard InChI is InChI=1S/C11H16N4O3/c1-2-8(12)7-13-11(16)14-9-3-5-10(6-4-9)15(17)18/h3-6,8H,2,7,12H2,1H3,(H2,13,14,16). The number of hydrogen-bond donors (Lipinski definition) is 3. The molecule has 1 atom stereocenters. The number of hydrogen-bond acceptors (Lipinski definition) is 4. The highest BCUT2D eigenvalue weighted by Crippen LogP contribution is 2.14. The zero-order chi connectivity index (χ0) is 13.5. The normalized spacial score (nSPS) is 11.7. The van der Waals surface area contributed by atoms with E-state index in [1.807, 2.05) is 6.92 Å². The van der Waals surface area contributed by atoms with Crippen molar-refractivity contribution in [3.05, 3.63) is 34.4 Å². The molecule has 1 unspecified atom stereocenters. The first-order valence-electron chi connectivity index (χ1n) is 5.57. The second-order valence-electron chi connectivity index (χ2n) is 3.81. The first kappa shape index (κ1) is 13.9. The summed E-state index contributed by atoms with van der Waals surface area (Å²) in [4.78, 5) is 21.4. The minimum absolute atomic E-state index is 0.0195. The van der Waals surface area contributed by atoms with Gasteiger partial charge >= 0.3 is 6.03 Å². The molecule has 0 heterocycles. The quantitative estimate of drug-likeness (QED) is 0.544. The Morgan fingerprint density at radius 3 is 2.56 bits per heavy atom. The summed E-state index contributed by atoms with van der Waals surface area (Å²) in [5.41, 5.74) is 6.12. The van der Waals surface area contributed by atoms with Crippen LogP contribution in [-0.2, 0) is 0 Å². The number of nitro benzene ring substituents is 1. The molecule has 1 aromatic carbocycles. The fourth-order valence-electron chi connectivity index (χ4n) is 1.21. The van der Waals surface area contributed by atoms with Gasteiger partial charge in [0.2, 0.25) is 0 Å². The van der Waals surface area contributed by atoms with E-state index in [1.54, 1.807) is 0 Å². The molecule has 1 aromatic rings. The van der Waals surface area contributed by atoms with Crippen LogP contribution in [0.3, 0.4) is 0 Å². The van der Waals surface area contributed by atoms with Gasteiger partial charge in [-0.3, -0.25) is 10.1 Å². The summed E-state index contributed by atoms with van der Waals surface area (Å²) >= 11 is 0. The number of rotatable bonds is 5. The number of nitrogens with two attached hydrogens (primary N) is 1. The van der Waals surface area contributed by atoms with E-state index >= 15 is 0 Å². The maximum Gasteiger partial charge on any atom is 0.319 e. The van der Waals surface area contributed by atoms with E-state index in [1.165, 1.54) is 24.3 Å². The van der Waals surface area contributed by atoms with Gasteiger partial charge in [-0.05, 0) is 18.6 Å². The molecule has 0 saturated heterocycles. The van der Waals surface area contributed by atoms with Gasteiger partial charge in [0.25, 0.3) is 5.69 Å². The van der Waals surface area contributed by atoms with Crippen LogP contribution in [0.5, 0.6) is 0 Å². The van der Waals surface area contributed by atoms with Crippen LogP contribution in [0.2, 0.25) is 0 Å². The summed E-state index contributed by atoms with van der Waals surface area (Å²) in [5, 5.41) is 15.6. The Kier molecular flexibility index (Phi) is 5.06. The van der Waals surface area contributed by atoms with Crippen LogP contribution in [0.4, 0.5) is 16.2 Å². The third kappa shape index (κ3) is 4.38. The molecule has 0 aliphatic carbocycles. The first-order valence-corrected chi connectivity index (χ1v) is 5.57. The van der Waals surface area contributed by atoms with E-state index in [4.69, 9.17) is 5.73 Å². The third-order valence-corrected chi connectivity index (χ3v) is 2.39. The number of anilines is 1. The predicted molar refractivity (Wildman–Crippen MR) is 68.4 cm³/mol. The lowest BCUT2D eigenvalue weighted by Crippen LogP contribution is -2.38. The summed E-state index contributed by atoms with van der Waals surface area (Å²) in [5.74, 6) is 0. The number of benzene rings is 1. The molecule has 7 nitrogen and oxygen atoms in total. The van der Waals surface area contributed by atoms with Crippen molar-refractivity contribution >= 4 is 17.4 Å². The molecule has 4 N–H and O–H groups in total. The highest BCUT2D eigenvalue weighted by atomic mass is 16.6. The molecule has 0 bridgehead atoms. The second-order valence-corrected chi connectivity index (χ2v) is 3.81. The Balaban J connectivity index is 2.47. The van der Waals surface area contributed by atoms with Crippen molar-refractivity contribution in [2.24, 2.45) is 5.73 Å². The van der Waals surface area contributed by atoms with Crippen LogP contribution in [0.15, 0.2) is 24.3 Å². The minimum Gasteiger partial charge on any atom is -0.336 e. The molecule has 0 aliphatic rings. The van der Waals surface area contributed by atoms with Gasteiger partial charge in [0.05, 0.1) is 4.92 Å². The van der Waals surface area contributed by atoms with Gasteiger partial charge in [-0.25, -0.2) is 4.79 Å². The van der Waals surface area contributed by atoms with E-state index in [2.05, 4.69) is 10.6 Å². The molecule has 0 saturated carbocycles. The number of nitrogens with one attached hydrogen (secondary N) is 2. The fraction of sp³-hybridized carbons (Fsp3) is 0.364. The molecule has 0 aliphatic heterocycles. The molecule has 98 valence electrons. The number of carbonyl (C=O) groups is 1. The summed E-state index contributed by atoms with van der Waals surface area (Å²) < 4.78 is 0. The van der Waals surface area contributed by atoms with E-state index < -0.39 is 4.92 Å². The first-order chi connectivity index (χ1) is 8.52. The highest BCUT2D eigenvalue weighted by Gasteiger charge is 2.07. The number of nitro groups is 1. The maximum atomic E-state index is 11.4. The number of amides is 2. The molecule has 0 radical (unpaired) electrons. The van der Waals surface area contributed by atoms with Crippen LogP contribution >= 0.6 is 0 Å². The van der Waals surface area contributed by atoms with E-state index in [0.717, 1.165) is 6.42 Å². The Hall–Kier alpha value is -2.15. The van der Waals surface area contributed by atoms with E-state index in [9.17, 15) is 14.9 Å². The molecular weight excluding hydrogens is 236 g/mol. The lowest BCUT2D eigenvalue weighted by atomic mass is 10.2. The number of non-ortho nitro benzene ring substituents is 1. The zero-order valence-corrected chi connectivity index (χ0v) is 10.1. The summed E-state index contributed by atoms with van der Waals surface area (Å²) in [7, 11) is 0. The Morgan fingerprint density at radius 1 is 1.44 bits per heavy atom. The van der Waals surface area contributed by atoms with Crippen LogP contribution in [0.25, 0.3) is 0 Å². The smallest absolute Gasteiger partial charge is 0.319 e. The topological polar surface area (TPSA) is 110 Å². The number of carbonyl (C=O) groups excluding carboxylic acids is 1. The molecule has 7 heteroatoms. The Labute approximate surface area is 105 Å². The summed E-state index contributed by atoms with van der Waals surface area (Å²) in [6.07, 6.45) is 0.776. The third-order valence-electron chi connectivity index (χ3n) is 2.39. The van der Waals surface area contributed by atoms with Crippen molar-refractivity contribution in [1.29, 1.82) is 0 Å². The Morgan fingerprint density at radius 2 is 2.06 bits per heavy atom. The Bertz CT molecular complexity index is 419. The van der Waals surface area contributed by atoms with Crippen molar-refractivity contribution in [1.82, 2.24) is 5.32 Å². The number of nitrogens with zero attached hydrogens (tertiary/aromatic N) is 1. The second kappa shape index (κ2) is 6.55. The maximum absolute atomic E-state index is 11.4. The summed E-state index contributed by atoms with van der Waals surface area (Å²) in [6, 6.07) is 5.13. The molecule has 0 fully saturated rings. The van der Waals surface area contributed by atoms with Crippen LogP contribution < -0.4 is 16.4 Å². The fourth-order valence-corrected chi connectivity index (χ4v) is 1.21. The van der Waals surface area contributed by atoms with Gasteiger partial charge in [-0.2, -0.15) is 0 Å². The molecule has 0 aromatic heterocycles. The zero-order valence-electron chi connectivity index (χ0n) is 10.1. The van der Waals surface area contributed by atoms with Crippen molar-refractivity contribution in [2.45, 2.75) is 19.4 Å². The molecule has 1 rings (SSSR count). The van der Waals surface area contributed by atoms with Crippen molar-refractivity contribution in [2.75, 3.05) is 11.9 Å². The van der Waals surface area contributed by atoms with E-state index in [0.29, 0.717) is 12.2 Å². The summed E-state index contributed by atoms with van der Waals surface area (Å²) in [6.45, 7) is 2.32. The van der Waals surface area contributed by atoms with Crippen molar-refractivity contribution in [3.63, 3.8) is 0 Å². The molecule has 2 amide bonds. The predicted octanol–water partition coefficient (Wildman–Crippen LogP) is 1.45. The number of urea groups is 1. The van der Waals surface area contributed by atoms with Gasteiger partial charge in [-0.1, -0.05) is 6.92 Å². The monoisotopic (exact) mass is 252 g/mol. The molecular formula is C11H16N4O3. The van der Waals surface area contributed by atoms with Crippen LogP contribution in [0, 0.1) is 10.1 Å². The lowest BCUT2D eigenvalue weighted by Gasteiger charge is -2.11. The average Bonchev–Trinajstić information content (AvgIpc) is 2.36. The molecule has 0 spiro atoms. The van der Waals surface area contributed by atoms with Crippen molar-refractivity contribution < 1.29 is 9.72 Å². The highest BCUT2D eigenvalue weighted by molar-refractivity contribution is 5.89. The van der Waals surface area contributed by atoms with E-state index in [-0.39, 0.29) is 17.8 Å². The van der Waals surface area contributed by atoms with Crippen molar-refractivity contribution in [3.8, 4) is 0 Å². The average molecular weight is 252 g/mol. The van der Waals surface area contributed by atoms with Gasteiger partial charge < -0.3 is 16.4 Å². The lowest BCUT2D eigenvalue weighted by molar-refractivity contribution is -0.384. The SMILES string of the molecule is CCC(N)CNC(=O)Nc1ccc([N+](=O)[O-])cc1. The molecule has 18 heavy (non-hydrogen) atoms. The van der Waals surface area contributed by atoms with Gasteiger partial charge in [-0.15, -0.1) is 0 Å². The van der Waals surface area contributed by atoms with Gasteiger partial charge in [0, 0.05) is 30.4 Å². The van der Waals surface area contributed by atoms with Gasteiger partial charge in [0.15, 0.2) is 0 Å². The van der Waals surface area contributed by atoms with Gasteiger partial charge in [0.1, 0.15) is 0 Å². The van der Waals surface area contributed by atoms with Crippen LogP contribution in [0.1, 0.15) is 13.3 Å². The van der Waals surface area contributed by atoms with Crippen LogP contribution in [-0.4, -0.2) is 23.5 Å². The minimum atomic E-state index is -0.496. The largest absolute Gasteiger partial charge is 0.336 e.